The summed E-state index contributed by atoms with van der Waals surface area (Å²) in [6.07, 6.45) is 3.24. The zero-order chi connectivity index (χ0) is 15.2. The first kappa shape index (κ1) is 15.4. The van der Waals surface area contributed by atoms with Gasteiger partial charge in [0.25, 0.3) is 0 Å². The van der Waals surface area contributed by atoms with Gasteiger partial charge in [-0.05, 0) is 48.4 Å². The molecule has 0 heterocycles. The minimum atomic E-state index is -0.285. The first-order valence-electron chi connectivity index (χ1n) is 6.54. The van der Waals surface area contributed by atoms with Crippen molar-refractivity contribution in [1.29, 1.82) is 0 Å². The van der Waals surface area contributed by atoms with Crippen molar-refractivity contribution in [2.45, 2.75) is 13.0 Å². The zero-order valence-electron chi connectivity index (χ0n) is 11.5. The SMILES string of the molecule is C[C@@H](NC(=O)/C=C/c1cccc(Br)c1)c1ccc(F)cc1. The maximum absolute atomic E-state index is 12.9. The van der Waals surface area contributed by atoms with Crippen LogP contribution in [0.2, 0.25) is 0 Å². The Balaban J connectivity index is 1.96. The molecular weight excluding hydrogens is 333 g/mol. The second kappa shape index (κ2) is 7.18. The second-order valence-corrected chi connectivity index (χ2v) is 5.59. The molecule has 108 valence electrons. The summed E-state index contributed by atoms with van der Waals surface area (Å²) in [6.45, 7) is 1.86. The van der Waals surface area contributed by atoms with Crippen LogP contribution < -0.4 is 5.32 Å². The van der Waals surface area contributed by atoms with E-state index in [1.165, 1.54) is 18.2 Å². The molecule has 0 unspecified atom stereocenters. The predicted octanol–water partition coefficient (Wildman–Crippen LogP) is 4.48. The molecule has 2 nitrogen and oxygen atoms in total. The van der Waals surface area contributed by atoms with E-state index in [9.17, 15) is 9.18 Å². The third-order valence-electron chi connectivity index (χ3n) is 3.00. The summed E-state index contributed by atoms with van der Waals surface area (Å²) >= 11 is 3.38. The lowest BCUT2D eigenvalue weighted by atomic mass is 10.1. The molecule has 0 aromatic heterocycles. The van der Waals surface area contributed by atoms with Gasteiger partial charge in [0.05, 0.1) is 6.04 Å². The molecule has 0 aliphatic rings. The smallest absolute Gasteiger partial charge is 0.244 e. The average molecular weight is 348 g/mol. The largest absolute Gasteiger partial charge is 0.346 e. The van der Waals surface area contributed by atoms with E-state index >= 15 is 0 Å². The van der Waals surface area contributed by atoms with Crippen LogP contribution in [0.15, 0.2) is 59.1 Å². The van der Waals surface area contributed by atoms with Gasteiger partial charge >= 0.3 is 0 Å². The molecule has 1 atom stereocenters. The molecule has 0 fully saturated rings. The lowest BCUT2D eigenvalue weighted by molar-refractivity contribution is -0.117. The number of carbonyl (C=O) groups is 1. The van der Waals surface area contributed by atoms with Crippen LogP contribution in [0, 0.1) is 5.82 Å². The first-order chi connectivity index (χ1) is 10.0. The number of rotatable bonds is 4. The third-order valence-corrected chi connectivity index (χ3v) is 3.50. The number of benzene rings is 2. The van der Waals surface area contributed by atoms with Gasteiger partial charge in [-0.25, -0.2) is 4.39 Å². The summed E-state index contributed by atoms with van der Waals surface area (Å²) < 4.78 is 13.8. The predicted molar refractivity (Wildman–Crippen MR) is 86.1 cm³/mol. The highest BCUT2D eigenvalue weighted by Gasteiger charge is 2.07. The normalized spacial score (nSPS) is 12.3. The maximum atomic E-state index is 12.9. The monoisotopic (exact) mass is 347 g/mol. The van der Waals surface area contributed by atoms with Crippen LogP contribution >= 0.6 is 15.9 Å². The van der Waals surface area contributed by atoms with E-state index in [0.717, 1.165) is 15.6 Å². The minimum Gasteiger partial charge on any atom is -0.346 e. The Morgan fingerprint density at radius 1 is 1.24 bits per heavy atom. The lowest BCUT2D eigenvalue weighted by Gasteiger charge is -2.12. The molecule has 2 aromatic carbocycles. The number of hydrogen-bond acceptors (Lipinski definition) is 1. The summed E-state index contributed by atoms with van der Waals surface area (Å²) in [5, 5.41) is 2.84. The topological polar surface area (TPSA) is 29.1 Å². The van der Waals surface area contributed by atoms with Gasteiger partial charge in [-0.1, -0.05) is 40.2 Å². The highest BCUT2D eigenvalue weighted by Crippen LogP contribution is 2.14. The first-order valence-corrected chi connectivity index (χ1v) is 7.33. The fourth-order valence-electron chi connectivity index (χ4n) is 1.88. The van der Waals surface area contributed by atoms with E-state index in [0.29, 0.717) is 0 Å². The van der Waals surface area contributed by atoms with Crippen molar-refractivity contribution < 1.29 is 9.18 Å². The zero-order valence-corrected chi connectivity index (χ0v) is 13.1. The van der Waals surface area contributed by atoms with Crippen molar-refractivity contribution in [2.24, 2.45) is 0 Å². The van der Waals surface area contributed by atoms with Crippen LogP contribution in [-0.4, -0.2) is 5.91 Å². The fourth-order valence-corrected chi connectivity index (χ4v) is 2.30. The number of carbonyl (C=O) groups excluding carboxylic acids is 1. The molecule has 0 saturated heterocycles. The van der Waals surface area contributed by atoms with Crippen molar-refractivity contribution in [3.8, 4) is 0 Å². The number of halogens is 2. The van der Waals surface area contributed by atoms with Crippen molar-refractivity contribution >= 4 is 27.9 Å². The van der Waals surface area contributed by atoms with Crippen LogP contribution in [0.5, 0.6) is 0 Å². The second-order valence-electron chi connectivity index (χ2n) is 4.67. The Morgan fingerprint density at radius 3 is 2.62 bits per heavy atom. The van der Waals surface area contributed by atoms with Gasteiger partial charge in [0, 0.05) is 10.5 Å². The van der Waals surface area contributed by atoms with Crippen LogP contribution in [-0.2, 0) is 4.79 Å². The van der Waals surface area contributed by atoms with E-state index in [1.54, 1.807) is 18.2 Å². The number of amides is 1. The molecule has 4 heteroatoms. The Morgan fingerprint density at radius 2 is 1.95 bits per heavy atom. The van der Waals surface area contributed by atoms with E-state index in [2.05, 4.69) is 21.2 Å². The molecule has 21 heavy (non-hydrogen) atoms. The lowest BCUT2D eigenvalue weighted by Crippen LogP contribution is -2.24. The Kier molecular flexibility index (Phi) is 5.28. The molecule has 0 aliphatic heterocycles. The van der Waals surface area contributed by atoms with Gasteiger partial charge in [-0.15, -0.1) is 0 Å². The van der Waals surface area contributed by atoms with Crippen LogP contribution in [0.3, 0.4) is 0 Å². The maximum Gasteiger partial charge on any atom is 0.244 e. The van der Waals surface area contributed by atoms with Gasteiger partial charge in [0.2, 0.25) is 5.91 Å². The van der Waals surface area contributed by atoms with Crippen LogP contribution in [0.1, 0.15) is 24.1 Å². The Bertz CT molecular complexity index is 652. The summed E-state index contributed by atoms with van der Waals surface area (Å²) in [5.41, 5.74) is 1.80. The molecule has 0 aliphatic carbocycles. The molecule has 2 rings (SSSR count). The molecule has 1 amide bonds. The fraction of sp³-hybridized carbons (Fsp3) is 0.118. The highest BCUT2D eigenvalue weighted by molar-refractivity contribution is 9.10. The summed E-state index contributed by atoms with van der Waals surface area (Å²) in [4.78, 5) is 11.9. The molecule has 0 spiro atoms. The van der Waals surface area contributed by atoms with Crippen molar-refractivity contribution in [3.63, 3.8) is 0 Å². The number of hydrogen-bond donors (Lipinski definition) is 1. The summed E-state index contributed by atoms with van der Waals surface area (Å²) in [5.74, 6) is -0.473. The van der Waals surface area contributed by atoms with Crippen LogP contribution in [0.4, 0.5) is 4.39 Å². The van der Waals surface area contributed by atoms with Crippen molar-refractivity contribution in [1.82, 2.24) is 5.32 Å². The molecule has 0 saturated carbocycles. The molecule has 1 N–H and O–H groups in total. The quantitative estimate of drug-likeness (QED) is 0.811. The highest BCUT2D eigenvalue weighted by atomic mass is 79.9. The standard InChI is InChI=1S/C17H15BrFNO/c1-12(14-6-8-16(19)9-7-14)20-17(21)10-5-13-3-2-4-15(18)11-13/h2-12H,1H3,(H,20,21)/b10-5+/t12-/m1/s1. The van der Waals surface area contributed by atoms with Gasteiger partial charge in [0.1, 0.15) is 5.82 Å². The summed E-state index contributed by atoms with van der Waals surface area (Å²) in [6, 6.07) is 13.6. The molecule has 0 bridgehead atoms. The third kappa shape index (κ3) is 4.83. The van der Waals surface area contributed by atoms with Crippen molar-refractivity contribution in [3.05, 3.63) is 76.0 Å². The molecule has 2 aromatic rings. The van der Waals surface area contributed by atoms with Gasteiger partial charge in [0.15, 0.2) is 0 Å². The van der Waals surface area contributed by atoms with E-state index in [4.69, 9.17) is 0 Å². The number of nitrogens with one attached hydrogen (secondary N) is 1. The molecule has 0 radical (unpaired) electrons. The van der Waals surface area contributed by atoms with E-state index in [1.807, 2.05) is 31.2 Å². The van der Waals surface area contributed by atoms with Gasteiger partial charge < -0.3 is 5.32 Å². The Hall–Kier alpha value is -1.94. The molecular formula is C17H15BrFNO. The van der Waals surface area contributed by atoms with Crippen LogP contribution in [0.25, 0.3) is 6.08 Å². The summed E-state index contributed by atoms with van der Waals surface area (Å²) in [7, 11) is 0. The minimum absolute atomic E-state index is 0.176. The Labute approximate surface area is 131 Å². The van der Waals surface area contributed by atoms with Gasteiger partial charge in [-0.2, -0.15) is 0 Å². The van der Waals surface area contributed by atoms with Gasteiger partial charge in [-0.3, -0.25) is 4.79 Å². The average Bonchev–Trinajstić information content (AvgIpc) is 2.46. The van der Waals surface area contributed by atoms with E-state index < -0.39 is 0 Å². The van der Waals surface area contributed by atoms with E-state index in [-0.39, 0.29) is 17.8 Å². The van der Waals surface area contributed by atoms with Crippen molar-refractivity contribution in [2.75, 3.05) is 0 Å².